The average Bonchev–Trinajstić information content (AvgIpc) is 2.70. The summed E-state index contributed by atoms with van der Waals surface area (Å²) in [5.41, 5.74) is 0. The lowest BCUT2D eigenvalue weighted by molar-refractivity contribution is 0.0925. The second kappa shape index (κ2) is 6.86. The molecule has 0 bridgehead atoms. The molecule has 1 amide bonds. The monoisotopic (exact) mass is 307 g/mol. The van der Waals surface area contributed by atoms with Gasteiger partial charge in [-0.15, -0.1) is 0 Å². The van der Waals surface area contributed by atoms with Crippen molar-refractivity contribution in [3.8, 4) is 0 Å². The summed E-state index contributed by atoms with van der Waals surface area (Å²) < 4.78 is 6.14. The summed E-state index contributed by atoms with van der Waals surface area (Å²) in [4.78, 5) is 11.3. The fourth-order valence-electron chi connectivity index (χ4n) is 1.09. The summed E-state index contributed by atoms with van der Waals surface area (Å²) in [7, 11) is 0. The van der Waals surface area contributed by atoms with E-state index in [9.17, 15) is 4.79 Å². The number of rotatable bonds is 6. The number of halogens is 1. The Morgan fingerprint density at radius 2 is 2.29 bits per heavy atom. The number of alkyl halides is 1. The highest BCUT2D eigenvalue weighted by Crippen LogP contribution is 2.00. The summed E-state index contributed by atoms with van der Waals surface area (Å²) in [6.45, 7) is 0.732. The first-order chi connectivity index (χ1) is 6.84. The van der Waals surface area contributed by atoms with Gasteiger partial charge in [0.25, 0.3) is 5.91 Å². The van der Waals surface area contributed by atoms with E-state index in [0.717, 1.165) is 13.0 Å². The molecule has 0 atom stereocenters. The van der Waals surface area contributed by atoms with Gasteiger partial charge in [0.2, 0.25) is 0 Å². The van der Waals surface area contributed by atoms with Crippen LogP contribution in [0.25, 0.3) is 0 Å². The van der Waals surface area contributed by atoms with E-state index in [4.69, 9.17) is 4.42 Å². The molecule has 0 aliphatic heterocycles. The minimum absolute atomic E-state index is 0.121. The predicted octanol–water partition coefficient (Wildman–Crippen LogP) is 2.61. The third kappa shape index (κ3) is 4.13. The molecule has 1 aromatic heterocycles. The SMILES string of the molecule is O=C(NCCCCCI)c1ccco1. The fourth-order valence-corrected chi connectivity index (χ4v) is 1.63. The largest absolute Gasteiger partial charge is 0.459 e. The molecule has 78 valence electrons. The lowest BCUT2D eigenvalue weighted by Gasteiger charge is -2.01. The van der Waals surface area contributed by atoms with Gasteiger partial charge in [0, 0.05) is 6.54 Å². The predicted molar refractivity (Wildman–Crippen MR) is 63.8 cm³/mol. The molecule has 0 saturated carbocycles. The molecule has 1 N–H and O–H groups in total. The van der Waals surface area contributed by atoms with Crippen molar-refractivity contribution in [2.24, 2.45) is 0 Å². The zero-order chi connectivity index (χ0) is 10.2. The van der Waals surface area contributed by atoms with Crippen LogP contribution in [0.2, 0.25) is 0 Å². The quantitative estimate of drug-likeness (QED) is 0.499. The van der Waals surface area contributed by atoms with E-state index in [2.05, 4.69) is 27.9 Å². The Kier molecular flexibility index (Phi) is 5.66. The molecule has 0 radical (unpaired) electrons. The molecule has 0 aromatic carbocycles. The molecule has 0 fully saturated rings. The van der Waals surface area contributed by atoms with Gasteiger partial charge in [-0.05, 0) is 29.4 Å². The zero-order valence-electron chi connectivity index (χ0n) is 7.96. The van der Waals surface area contributed by atoms with E-state index >= 15 is 0 Å². The molecule has 4 heteroatoms. The van der Waals surface area contributed by atoms with Crippen LogP contribution >= 0.6 is 22.6 Å². The van der Waals surface area contributed by atoms with E-state index in [-0.39, 0.29) is 5.91 Å². The average molecular weight is 307 g/mol. The lowest BCUT2D eigenvalue weighted by atomic mass is 10.2. The van der Waals surface area contributed by atoms with Crippen LogP contribution in [0, 0.1) is 0 Å². The van der Waals surface area contributed by atoms with Crippen LogP contribution in [0.5, 0.6) is 0 Å². The van der Waals surface area contributed by atoms with E-state index in [0.29, 0.717) is 5.76 Å². The van der Waals surface area contributed by atoms with Gasteiger partial charge in [-0.2, -0.15) is 0 Å². The fraction of sp³-hybridized carbons (Fsp3) is 0.500. The molecule has 1 rings (SSSR count). The third-order valence-electron chi connectivity index (χ3n) is 1.84. The summed E-state index contributed by atoms with van der Waals surface area (Å²) in [5.74, 6) is 0.267. The molecule has 0 spiro atoms. The summed E-state index contributed by atoms with van der Waals surface area (Å²) in [6, 6.07) is 3.38. The molecular formula is C10H14INO2. The first-order valence-corrected chi connectivity index (χ1v) is 6.25. The Balaban J connectivity index is 2.10. The number of unbranched alkanes of at least 4 members (excludes halogenated alkanes) is 2. The molecule has 0 saturated heterocycles. The van der Waals surface area contributed by atoms with Crippen LogP contribution in [0.1, 0.15) is 29.8 Å². The van der Waals surface area contributed by atoms with Crippen molar-refractivity contribution in [1.82, 2.24) is 5.32 Å². The molecule has 0 aliphatic carbocycles. The molecule has 3 nitrogen and oxygen atoms in total. The van der Waals surface area contributed by atoms with Crippen molar-refractivity contribution >= 4 is 28.5 Å². The van der Waals surface area contributed by atoms with E-state index in [1.54, 1.807) is 12.1 Å². The molecule has 1 heterocycles. The van der Waals surface area contributed by atoms with Crippen molar-refractivity contribution in [2.75, 3.05) is 11.0 Å². The summed E-state index contributed by atoms with van der Waals surface area (Å²) in [6.07, 6.45) is 4.93. The third-order valence-corrected chi connectivity index (χ3v) is 2.60. The number of carbonyl (C=O) groups is 1. The Morgan fingerprint density at radius 3 is 2.93 bits per heavy atom. The van der Waals surface area contributed by atoms with E-state index < -0.39 is 0 Å². The Morgan fingerprint density at radius 1 is 1.43 bits per heavy atom. The number of hydrogen-bond donors (Lipinski definition) is 1. The standard InChI is InChI=1S/C10H14INO2/c11-6-2-1-3-7-12-10(13)9-5-4-8-14-9/h4-5,8H,1-3,6-7H2,(H,12,13). The van der Waals surface area contributed by atoms with Gasteiger partial charge < -0.3 is 9.73 Å². The van der Waals surface area contributed by atoms with Crippen LogP contribution in [0.15, 0.2) is 22.8 Å². The van der Waals surface area contributed by atoms with Crippen LogP contribution in [-0.2, 0) is 0 Å². The highest BCUT2D eigenvalue weighted by molar-refractivity contribution is 14.1. The number of carbonyl (C=O) groups excluding carboxylic acids is 1. The summed E-state index contributed by atoms with van der Waals surface area (Å²) in [5, 5.41) is 2.81. The van der Waals surface area contributed by atoms with E-state index in [1.807, 2.05) is 0 Å². The van der Waals surface area contributed by atoms with Crippen LogP contribution < -0.4 is 5.32 Å². The van der Waals surface area contributed by atoms with Crippen molar-refractivity contribution in [3.05, 3.63) is 24.2 Å². The zero-order valence-corrected chi connectivity index (χ0v) is 10.1. The van der Waals surface area contributed by atoms with Crippen LogP contribution in [0.3, 0.4) is 0 Å². The van der Waals surface area contributed by atoms with Gasteiger partial charge in [-0.25, -0.2) is 0 Å². The number of hydrogen-bond acceptors (Lipinski definition) is 2. The highest BCUT2D eigenvalue weighted by atomic mass is 127. The molecular weight excluding hydrogens is 293 g/mol. The number of furan rings is 1. The maximum absolute atomic E-state index is 11.3. The Hall–Kier alpha value is -0.520. The topological polar surface area (TPSA) is 42.2 Å². The molecule has 0 aliphatic rings. The minimum Gasteiger partial charge on any atom is -0.459 e. The number of amides is 1. The second-order valence-electron chi connectivity index (χ2n) is 2.98. The first-order valence-electron chi connectivity index (χ1n) is 4.72. The molecule has 0 unspecified atom stereocenters. The maximum atomic E-state index is 11.3. The Labute approximate surface area is 97.4 Å². The molecule has 14 heavy (non-hydrogen) atoms. The molecule has 1 aromatic rings. The van der Waals surface area contributed by atoms with Crippen LogP contribution in [0.4, 0.5) is 0 Å². The minimum atomic E-state index is -0.121. The van der Waals surface area contributed by atoms with Gasteiger partial charge in [0.05, 0.1) is 6.26 Å². The van der Waals surface area contributed by atoms with Gasteiger partial charge in [-0.3, -0.25) is 4.79 Å². The van der Waals surface area contributed by atoms with Crippen molar-refractivity contribution < 1.29 is 9.21 Å². The maximum Gasteiger partial charge on any atom is 0.286 e. The van der Waals surface area contributed by atoms with Gasteiger partial charge in [0.15, 0.2) is 5.76 Å². The first kappa shape index (κ1) is 11.6. The Bertz CT molecular complexity index is 259. The lowest BCUT2D eigenvalue weighted by Crippen LogP contribution is -2.23. The van der Waals surface area contributed by atoms with Crippen LogP contribution in [-0.4, -0.2) is 16.9 Å². The second-order valence-corrected chi connectivity index (χ2v) is 4.06. The van der Waals surface area contributed by atoms with Gasteiger partial charge >= 0.3 is 0 Å². The van der Waals surface area contributed by atoms with Crippen molar-refractivity contribution in [1.29, 1.82) is 0 Å². The van der Waals surface area contributed by atoms with Crippen molar-refractivity contribution in [2.45, 2.75) is 19.3 Å². The summed E-state index contributed by atoms with van der Waals surface area (Å²) >= 11 is 2.36. The number of nitrogens with one attached hydrogen (secondary N) is 1. The van der Waals surface area contributed by atoms with Crippen molar-refractivity contribution in [3.63, 3.8) is 0 Å². The van der Waals surface area contributed by atoms with Gasteiger partial charge in [0.1, 0.15) is 0 Å². The smallest absolute Gasteiger partial charge is 0.286 e. The van der Waals surface area contributed by atoms with Gasteiger partial charge in [-0.1, -0.05) is 29.0 Å². The van der Waals surface area contributed by atoms with E-state index in [1.165, 1.54) is 23.5 Å². The normalized spacial score (nSPS) is 10.1. The highest BCUT2D eigenvalue weighted by Gasteiger charge is 2.05.